The molecule has 1 fully saturated rings. The lowest BCUT2D eigenvalue weighted by atomic mass is 9.78. The number of rotatable bonds is 6. The fourth-order valence-corrected chi connectivity index (χ4v) is 3.39. The van der Waals surface area contributed by atoms with E-state index in [0.717, 1.165) is 12.8 Å². The van der Waals surface area contributed by atoms with Crippen molar-refractivity contribution in [3.8, 4) is 0 Å². The number of likely N-dealkylation sites (tertiary alicyclic amines) is 1. The molecule has 0 saturated carbocycles. The zero-order valence-corrected chi connectivity index (χ0v) is 14.5. The van der Waals surface area contributed by atoms with Gasteiger partial charge in [-0.3, -0.25) is 4.90 Å². The minimum absolute atomic E-state index is 0.143. The Morgan fingerprint density at radius 1 is 1.29 bits per heavy atom. The molecule has 0 amide bonds. The van der Waals surface area contributed by atoms with Crippen molar-refractivity contribution in [3.05, 3.63) is 12.7 Å². The summed E-state index contributed by atoms with van der Waals surface area (Å²) in [6.07, 6.45) is 2.35. The molecule has 0 aliphatic carbocycles. The Hall–Kier alpha value is -0.420. The lowest BCUT2D eigenvalue weighted by molar-refractivity contribution is -0.112. The standard InChI is InChI=1S/C17H33NO3/c1-8-17(6,7)21-12-14(20)11-18-15(2,3)9-13(19)10-16(18,4)5/h8,13-14,19-20H,1,9-12H2,2-7H3/t14-/m0/s1. The number of hydrogen-bond acceptors (Lipinski definition) is 4. The van der Waals surface area contributed by atoms with E-state index in [1.807, 2.05) is 13.8 Å². The number of β-amino-alcohol motifs (C(OH)–C–C–N with tert-alkyl or cyclic N) is 1. The Morgan fingerprint density at radius 3 is 2.19 bits per heavy atom. The smallest absolute Gasteiger partial charge is 0.0901 e. The predicted molar refractivity (Wildman–Crippen MR) is 86.3 cm³/mol. The summed E-state index contributed by atoms with van der Waals surface area (Å²) in [6, 6.07) is 0. The van der Waals surface area contributed by atoms with E-state index in [2.05, 4.69) is 39.2 Å². The van der Waals surface area contributed by atoms with E-state index >= 15 is 0 Å². The molecule has 0 spiro atoms. The first-order valence-corrected chi connectivity index (χ1v) is 7.81. The molecule has 21 heavy (non-hydrogen) atoms. The molecule has 0 radical (unpaired) electrons. The van der Waals surface area contributed by atoms with E-state index in [-0.39, 0.29) is 23.8 Å². The molecule has 1 saturated heterocycles. The number of aliphatic hydroxyl groups is 2. The molecule has 1 aliphatic heterocycles. The van der Waals surface area contributed by atoms with Crippen LogP contribution >= 0.6 is 0 Å². The van der Waals surface area contributed by atoms with Gasteiger partial charge in [0.25, 0.3) is 0 Å². The maximum Gasteiger partial charge on any atom is 0.0901 e. The minimum Gasteiger partial charge on any atom is -0.393 e. The molecule has 1 heterocycles. The lowest BCUT2D eigenvalue weighted by Gasteiger charge is -2.55. The monoisotopic (exact) mass is 299 g/mol. The number of nitrogens with zero attached hydrogens (tertiary/aromatic N) is 1. The number of aliphatic hydroxyl groups excluding tert-OH is 2. The van der Waals surface area contributed by atoms with Gasteiger partial charge in [0.2, 0.25) is 0 Å². The molecule has 124 valence electrons. The minimum atomic E-state index is -0.557. The molecule has 0 bridgehead atoms. The van der Waals surface area contributed by atoms with Gasteiger partial charge in [-0.1, -0.05) is 6.08 Å². The first kappa shape index (κ1) is 18.6. The predicted octanol–water partition coefficient (Wildman–Crippen LogP) is 2.34. The second-order valence-corrected chi connectivity index (χ2v) is 8.07. The van der Waals surface area contributed by atoms with Crippen LogP contribution in [0, 0.1) is 0 Å². The highest BCUT2D eigenvalue weighted by atomic mass is 16.5. The van der Waals surface area contributed by atoms with Crippen molar-refractivity contribution in [1.29, 1.82) is 0 Å². The second-order valence-electron chi connectivity index (χ2n) is 8.07. The summed E-state index contributed by atoms with van der Waals surface area (Å²) in [5, 5.41) is 20.4. The van der Waals surface area contributed by atoms with Crippen molar-refractivity contribution in [2.75, 3.05) is 13.2 Å². The highest BCUT2D eigenvalue weighted by Gasteiger charge is 2.45. The third-order valence-electron chi connectivity index (χ3n) is 4.46. The summed E-state index contributed by atoms with van der Waals surface area (Å²) in [5.41, 5.74) is -0.712. The zero-order valence-electron chi connectivity index (χ0n) is 14.5. The maximum absolute atomic E-state index is 10.3. The summed E-state index contributed by atoms with van der Waals surface area (Å²) < 4.78 is 5.70. The molecule has 0 aromatic heterocycles. The van der Waals surface area contributed by atoms with Gasteiger partial charge in [0.15, 0.2) is 0 Å². The SMILES string of the molecule is C=CC(C)(C)OC[C@@H](O)CN1C(C)(C)CC(O)CC1(C)C. The van der Waals surface area contributed by atoms with Gasteiger partial charge in [0.05, 0.1) is 24.4 Å². The fourth-order valence-electron chi connectivity index (χ4n) is 3.39. The molecular formula is C17H33NO3. The summed E-state index contributed by atoms with van der Waals surface area (Å²) >= 11 is 0. The second kappa shape index (κ2) is 6.37. The highest BCUT2D eigenvalue weighted by molar-refractivity contribution is 5.00. The van der Waals surface area contributed by atoms with E-state index < -0.39 is 11.7 Å². The van der Waals surface area contributed by atoms with Gasteiger partial charge in [-0.2, -0.15) is 0 Å². The maximum atomic E-state index is 10.3. The molecule has 1 atom stereocenters. The summed E-state index contributed by atoms with van der Waals surface area (Å²) in [6.45, 7) is 16.9. The Bertz CT molecular complexity index is 345. The summed E-state index contributed by atoms with van der Waals surface area (Å²) in [4.78, 5) is 2.29. The van der Waals surface area contributed by atoms with Gasteiger partial charge in [0.1, 0.15) is 0 Å². The highest BCUT2D eigenvalue weighted by Crippen LogP contribution is 2.38. The molecule has 4 heteroatoms. The average molecular weight is 299 g/mol. The van der Waals surface area contributed by atoms with Gasteiger partial charge < -0.3 is 14.9 Å². The van der Waals surface area contributed by atoms with Crippen LogP contribution in [0.5, 0.6) is 0 Å². The number of piperidine rings is 1. The molecule has 0 aromatic rings. The van der Waals surface area contributed by atoms with Crippen molar-refractivity contribution in [2.45, 2.75) is 83.3 Å². The fraction of sp³-hybridized carbons (Fsp3) is 0.882. The molecule has 2 N–H and O–H groups in total. The Kier molecular flexibility index (Phi) is 5.65. The number of ether oxygens (including phenoxy) is 1. The van der Waals surface area contributed by atoms with Crippen molar-refractivity contribution >= 4 is 0 Å². The first-order chi connectivity index (χ1) is 9.39. The zero-order chi connectivity index (χ0) is 16.5. The topological polar surface area (TPSA) is 52.9 Å². The molecule has 0 aromatic carbocycles. The Labute approximate surface area is 129 Å². The third-order valence-corrected chi connectivity index (χ3v) is 4.46. The first-order valence-electron chi connectivity index (χ1n) is 7.81. The van der Waals surface area contributed by atoms with Gasteiger partial charge in [0, 0.05) is 17.6 Å². The van der Waals surface area contributed by atoms with Crippen molar-refractivity contribution in [3.63, 3.8) is 0 Å². The van der Waals surface area contributed by atoms with Gasteiger partial charge in [-0.05, 0) is 54.4 Å². The average Bonchev–Trinajstić information content (AvgIpc) is 2.30. The molecule has 0 unspecified atom stereocenters. The van der Waals surface area contributed by atoms with E-state index in [0.29, 0.717) is 6.54 Å². The van der Waals surface area contributed by atoms with Crippen LogP contribution in [-0.4, -0.2) is 57.2 Å². The molecule has 1 rings (SSSR count). The van der Waals surface area contributed by atoms with E-state index in [1.54, 1.807) is 6.08 Å². The third kappa shape index (κ3) is 5.06. The van der Waals surface area contributed by atoms with Crippen LogP contribution in [0.15, 0.2) is 12.7 Å². The molecule has 1 aliphatic rings. The van der Waals surface area contributed by atoms with Crippen LogP contribution < -0.4 is 0 Å². The number of hydrogen-bond donors (Lipinski definition) is 2. The van der Waals surface area contributed by atoms with Gasteiger partial charge in [-0.25, -0.2) is 0 Å². The largest absolute Gasteiger partial charge is 0.393 e. The molecular weight excluding hydrogens is 266 g/mol. The van der Waals surface area contributed by atoms with E-state index in [9.17, 15) is 10.2 Å². The van der Waals surface area contributed by atoms with Crippen LogP contribution in [0.4, 0.5) is 0 Å². The van der Waals surface area contributed by atoms with Crippen LogP contribution in [-0.2, 0) is 4.74 Å². The Morgan fingerprint density at radius 2 is 1.76 bits per heavy atom. The van der Waals surface area contributed by atoms with E-state index in [4.69, 9.17) is 4.74 Å². The Balaban J connectivity index is 2.68. The van der Waals surface area contributed by atoms with Gasteiger partial charge in [-0.15, -0.1) is 6.58 Å². The summed E-state index contributed by atoms with van der Waals surface area (Å²) in [5.74, 6) is 0. The molecule has 4 nitrogen and oxygen atoms in total. The normalized spacial score (nSPS) is 24.8. The van der Waals surface area contributed by atoms with Gasteiger partial charge >= 0.3 is 0 Å². The van der Waals surface area contributed by atoms with Crippen LogP contribution in [0.25, 0.3) is 0 Å². The summed E-state index contributed by atoms with van der Waals surface area (Å²) in [7, 11) is 0. The van der Waals surface area contributed by atoms with Crippen LogP contribution in [0.3, 0.4) is 0 Å². The van der Waals surface area contributed by atoms with Crippen molar-refractivity contribution < 1.29 is 14.9 Å². The quantitative estimate of drug-likeness (QED) is 0.739. The lowest BCUT2D eigenvalue weighted by Crippen LogP contribution is -2.63. The van der Waals surface area contributed by atoms with E-state index in [1.165, 1.54) is 0 Å². The van der Waals surface area contributed by atoms with Crippen LogP contribution in [0.2, 0.25) is 0 Å². The van der Waals surface area contributed by atoms with Crippen molar-refractivity contribution in [1.82, 2.24) is 4.90 Å². The van der Waals surface area contributed by atoms with Crippen LogP contribution in [0.1, 0.15) is 54.4 Å². The van der Waals surface area contributed by atoms with Crippen molar-refractivity contribution in [2.24, 2.45) is 0 Å².